The minimum atomic E-state index is 0.441. The maximum Gasteiger partial charge on any atom is 0.0777 e. The van der Waals surface area contributed by atoms with Crippen LogP contribution >= 0.6 is 42.7 Å². The van der Waals surface area contributed by atoms with Crippen LogP contribution in [0.2, 0.25) is 0 Å². The second-order valence-corrected chi connectivity index (χ2v) is 6.19. The molecule has 3 unspecified atom stereocenters. The molecule has 6 heteroatoms. The Hall–Kier alpha value is 1.69. The Labute approximate surface area is 102 Å². The maximum atomic E-state index is 5.78. The third-order valence-corrected chi connectivity index (χ3v) is 4.66. The highest BCUT2D eigenvalue weighted by Gasteiger charge is 2.29. The normalized spacial score (nSPS) is 30.2. The lowest BCUT2D eigenvalue weighted by Crippen LogP contribution is -2.43. The van der Waals surface area contributed by atoms with Crippen LogP contribution in [0.25, 0.3) is 0 Å². The summed E-state index contributed by atoms with van der Waals surface area (Å²) in [6, 6.07) is 0.597. The molecule has 0 amide bonds. The summed E-state index contributed by atoms with van der Waals surface area (Å²) in [5, 5.41) is 1.10. The predicted octanol–water partition coefficient (Wildman–Crippen LogP) is 3.18. The summed E-state index contributed by atoms with van der Waals surface area (Å²) in [5.41, 5.74) is 0. The summed E-state index contributed by atoms with van der Waals surface area (Å²) in [7, 11) is 6.06. The second kappa shape index (κ2) is 7.88. The van der Waals surface area contributed by atoms with Crippen molar-refractivity contribution < 1.29 is 4.52 Å². The highest BCUT2D eigenvalue weighted by molar-refractivity contribution is 9.09. The molecule has 2 nitrogen and oxygen atoms in total. The first kappa shape index (κ1) is 13.8. The molecular weight excluding hydrogens is 299 g/mol. The molecule has 1 heterocycles. The van der Waals surface area contributed by atoms with Crippen molar-refractivity contribution in [2.45, 2.75) is 37.8 Å². The van der Waals surface area contributed by atoms with Gasteiger partial charge < -0.3 is 4.52 Å². The van der Waals surface area contributed by atoms with Crippen LogP contribution < -0.4 is 0 Å². The second-order valence-electron chi connectivity index (χ2n) is 3.55. The van der Waals surface area contributed by atoms with E-state index < -0.39 is 0 Å². The Morgan fingerprint density at radius 2 is 2.36 bits per heavy atom. The summed E-state index contributed by atoms with van der Waals surface area (Å²) in [6.45, 7) is 1.19. The molecule has 0 bridgehead atoms. The Morgan fingerprint density at radius 3 is 3.00 bits per heavy atom. The lowest BCUT2D eigenvalue weighted by atomic mass is 9.98. The number of piperidine rings is 1. The first-order valence-electron chi connectivity index (χ1n) is 4.98. The third-order valence-electron chi connectivity index (χ3n) is 2.61. The average molecular weight is 318 g/mol. The molecule has 1 aliphatic heterocycles. The molecule has 0 spiro atoms. The van der Waals surface area contributed by atoms with Gasteiger partial charge >= 0.3 is 0 Å². The molecule has 0 aromatic heterocycles. The van der Waals surface area contributed by atoms with Crippen LogP contribution in [-0.4, -0.2) is 28.7 Å². The van der Waals surface area contributed by atoms with E-state index in [0.29, 0.717) is 20.6 Å². The smallest absolute Gasteiger partial charge is 0.0777 e. The van der Waals surface area contributed by atoms with Crippen LogP contribution in [0.3, 0.4) is 0 Å². The molecule has 1 fully saturated rings. The molecule has 0 radical (unpaired) electrons. The van der Waals surface area contributed by atoms with Crippen molar-refractivity contribution in [2.75, 3.05) is 11.9 Å². The summed E-state index contributed by atoms with van der Waals surface area (Å²) in [5.74, 6) is 0. The average Bonchev–Trinajstić information content (AvgIpc) is 2.18. The van der Waals surface area contributed by atoms with Crippen LogP contribution in [0.4, 0.5) is 0 Å². The minimum Gasteiger partial charge on any atom is -0.354 e. The van der Waals surface area contributed by atoms with Gasteiger partial charge in [0.1, 0.15) is 0 Å². The number of alkyl halides is 1. The van der Waals surface area contributed by atoms with E-state index in [9.17, 15) is 0 Å². The fourth-order valence-corrected chi connectivity index (χ4v) is 3.73. The van der Waals surface area contributed by atoms with Gasteiger partial charge in [-0.3, -0.25) is 4.67 Å². The van der Waals surface area contributed by atoms with Crippen molar-refractivity contribution in [3.05, 3.63) is 0 Å². The zero-order valence-corrected chi connectivity index (χ0v) is 13.2. The molecule has 0 aromatic carbocycles. The molecule has 1 rings (SSSR count). The fourth-order valence-electron chi connectivity index (χ4n) is 1.91. The molecule has 14 heavy (non-hydrogen) atoms. The van der Waals surface area contributed by atoms with Gasteiger partial charge in [0.2, 0.25) is 0 Å². The van der Waals surface area contributed by atoms with E-state index >= 15 is 0 Å². The molecule has 0 aromatic rings. The van der Waals surface area contributed by atoms with Crippen molar-refractivity contribution in [2.24, 2.45) is 0 Å². The number of hydrogen-bond donors (Lipinski definition) is 0. The first-order chi connectivity index (χ1) is 6.79. The number of halogens is 1. The van der Waals surface area contributed by atoms with Gasteiger partial charge in [0.15, 0.2) is 0 Å². The molecule has 1 saturated heterocycles. The van der Waals surface area contributed by atoms with Crippen molar-refractivity contribution in [1.29, 1.82) is 0 Å². The van der Waals surface area contributed by atoms with E-state index in [-0.39, 0.29) is 0 Å². The van der Waals surface area contributed by atoms with E-state index in [4.69, 9.17) is 4.52 Å². The molecule has 0 N–H and O–H groups in total. The number of hydrogen-bond acceptors (Lipinski definition) is 2. The lowest BCUT2D eigenvalue weighted by molar-refractivity contribution is 0.0879. The van der Waals surface area contributed by atoms with E-state index in [1.165, 1.54) is 32.2 Å². The SMILES string of the molecule is PPO[C@H]1CCCN(P)[C@@H]1CCCBr. The van der Waals surface area contributed by atoms with Gasteiger partial charge in [-0.15, -0.1) is 0 Å². The topological polar surface area (TPSA) is 12.5 Å². The van der Waals surface area contributed by atoms with Gasteiger partial charge in [-0.25, -0.2) is 0 Å². The highest BCUT2D eigenvalue weighted by atomic mass is 79.9. The lowest BCUT2D eigenvalue weighted by Gasteiger charge is -2.38. The van der Waals surface area contributed by atoms with Gasteiger partial charge in [0.05, 0.1) is 6.10 Å². The van der Waals surface area contributed by atoms with Gasteiger partial charge in [0, 0.05) is 26.4 Å². The van der Waals surface area contributed by atoms with Crippen LogP contribution in [-0.2, 0) is 4.52 Å². The van der Waals surface area contributed by atoms with E-state index in [1.54, 1.807) is 0 Å². The van der Waals surface area contributed by atoms with Gasteiger partial charge in [-0.05, 0) is 25.7 Å². The summed E-state index contributed by atoms with van der Waals surface area (Å²) < 4.78 is 8.16. The Bertz CT molecular complexity index is 162. The maximum absolute atomic E-state index is 5.78. The van der Waals surface area contributed by atoms with E-state index in [2.05, 4.69) is 38.9 Å². The zero-order valence-electron chi connectivity index (χ0n) is 8.29. The fraction of sp³-hybridized carbons (Fsp3) is 1.00. The van der Waals surface area contributed by atoms with Crippen molar-refractivity contribution in [3.8, 4) is 0 Å². The van der Waals surface area contributed by atoms with Crippen molar-refractivity contribution in [3.63, 3.8) is 0 Å². The zero-order chi connectivity index (χ0) is 10.4. The minimum absolute atomic E-state index is 0.441. The number of rotatable bonds is 5. The first-order valence-corrected chi connectivity index (χ1v) is 9.33. The van der Waals surface area contributed by atoms with E-state index in [1.807, 2.05) is 0 Å². The summed E-state index contributed by atoms with van der Waals surface area (Å²) in [6.07, 6.45) is 5.38. The Balaban J connectivity index is 2.43. The Morgan fingerprint density at radius 1 is 1.57 bits per heavy atom. The summed E-state index contributed by atoms with van der Waals surface area (Å²) in [4.78, 5) is 0. The monoisotopic (exact) mass is 317 g/mol. The van der Waals surface area contributed by atoms with Crippen LogP contribution in [0, 0.1) is 0 Å². The van der Waals surface area contributed by atoms with E-state index in [0.717, 1.165) is 5.33 Å². The van der Waals surface area contributed by atoms with Crippen molar-refractivity contribution >= 4 is 42.7 Å². The number of nitrogens with zero attached hydrogens (tertiary/aromatic N) is 1. The van der Waals surface area contributed by atoms with Crippen LogP contribution in [0.5, 0.6) is 0 Å². The van der Waals surface area contributed by atoms with Crippen LogP contribution in [0.15, 0.2) is 0 Å². The third kappa shape index (κ3) is 4.28. The molecule has 1 aliphatic rings. The summed E-state index contributed by atoms with van der Waals surface area (Å²) >= 11 is 3.49. The molecule has 0 aliphatic carbocycles. The van der Waals surface area contributed by atoms with Crippen LogP contribution in [0.1, 0.15) is 25.7 Å². The Kier molecular flexibility index (Phi) is 7.74. The predicted molar refractivity (Wildman–Crippen MR) is 75.4 cm³/mol. The van der Waals surface area contributed by atoms with Crippen molar-refractivity contribution in [1.82, 2.24) is 4.67 Å². The molecular formula is C8H19BrNOP3. The quantitative estimate of drug-likeness (QED) is 0.570. The molecule has 5 atom stereocenters. The van der Waals surface area contributed by atoms with Gasteiger partial charge in [0.25, 0.3) is 0 Å². The largest absolute Gasteiger partial charge is 0.354 e. The standard InChI is InChI=1S/C8H19BrNOP3/c9-5-1-3-7-8(11-14-13)4-2-6-10(7)12/h7-8,14H,1-6,12-13H2/t7-,8+/m1/s1. The highest BCUT2D eigenvalue weighted by Crippen LogP contribution is 2.33. The van der Waals surface area contributed by atoms with Gasteiger partial charge in [-0.1, -0.05) is 34.2 Å². The van der Waals surface area contributed by atoms with Gasteiger partial charge in [-0.2, -0.15) is 0 Å². The molecule has 84 valence electrons. The molecule has 0 saturated carbocycles.